The van der Waals surface area contributed by atoms with Gasteiger partial charge in [0.2, 0.25) is 10.0 Å². The zero-order valence-corrected chi connectivity index (χ0v) is 18.2. The number of sulfonamides is 1. The molecule has 1 saturated heterocycles. The fraction of sp³-hybridized carbons (Fsp3) is 0.476. The average Bonchev–Trinajstić information content (AvgIpc) is 3.03. The summed E-state index contributed by atoms with van der Waals surface area (Å²) in [5.74, 6) is 0.651. The van der Waals surface area contributed by atoms with Crippen molar-refractivity contribution in [1.29, 1.82) is 0 Å². The van der Waals surface area contributed by atoms with Gasteiger partial charge in [0, 0.05) is 31.1 Å². The molecule has 4 rings (SSSR count). The van der Waals surface area contributed by atoms with Crippen LogP contribution in [-0.2, 0) is 22.9 Å². The number of nitrogens with zero attached hydrogens (tertiary/aromatic N) is 2. The molecule has 0 saturated carbocycles. The SMILES string of the molecule is COc1ccc(S(=O)(=O)N2CCN(C(=O)c3cc4c(s3)CCCCC4)CC2)cc1. The summed E-state index contributed by atoms with van der Waals surface area (Å²) in [4.78, 5) is 17.1. The van der Waals surface area contributed by atoms with Gasteiger partial charge in [0.25, 0.3) is 5.91 Å². The molecular formula is C21H26N2O4S2. The Morgan fingerprint density at radius 3 is 2.38 bits per heavy atom. The van der Waals surface area contributed by atoms with E-state index in [4.69, 9.17) is 4.74 Å². The third kappa shape index (κ3) is 4.20. The van der Waals surface area contributed by atoms with Crippen molar-refractivity contribution in [2.45, 2.75) is 37.0 Å². The predicted octanol–water partition coefficient (Wildman–Crippen LogP) is 3.17. The molecule has 2 aromatic rings. The number of thiophene rings is 1. The summed E-state index contributed by atoms with van der Waals surface area (Å²) in [6.45, 7) is 1.45. The van der Waals surface area contributed by atoms with E-state index in [2.05, 4.69) is 6.07 Å². The number of carbonyl (C=O) groups is 1. The maximum absolute atomic E-state index is 13.0. The normalized spacial score (nSPS) is 18.2. The second-order valence-electron chi connectivity index (χ2n) is 7.49. The zero-order valence-electron chi connectivity index (χ0n) is 16.6. The first-order chi connectivity index (χ1) is 14.0. The van der Waals surface area contributed by atoms with Crippen LogP contribution in [0.5, 0.6) is 5.75 Å². The number of carbonyl (C=O) groups excluding carboxylic acids is 1. The van der Waals surface area contributed by atoms with E-state index in [0.29, 0.717) is 31.9 Å². The number of hydrogen-bond acceptors (Lipinski definition) is 5. The van der Waals surface area contributed by atoms with Crippen LogP contribution in [0.4, 0.5) is 0 Å². The summed E-state index contributed by atoms with van der Waals surface area (Å²) < 4.78 is 32.3. The molecule has 1 aromatic heterocycles. The minimum atomic E-state index is -3.56. The lowest BCUT2D eigenvalue weighted by atomic mass is 10.1. The van der Waals surface area contributed by atoms with Crippen molar-refractivity contribution in [2.24, 2.45) is 0 Å². The van der Waals surface area contributed by atoms with E-state index in [1.807, 2.05) is 0 Å². The van der Waals surface area contributed by atoms with Crippen LogP contribution in [0, 0.1) is 0 Å². The van der Waals surface area contributed by atoms with Gasteiger partial charge < -0.3 is 9.64 Å². The van der Waals surface area contributed by atoms with Crippen LogP contribution < -0.4 is 4.74 Å². The van der Waals surface area contributed by atoms with Crippen molar-refractivity contribution < 1.29 is 17.9 Å². The summed E-state index contributed by atoms with van der Waals surface area (Å²) in [6.07, 6.45) is 5.78. The van der Waals surface area contributed by atoms with Gasteiger partial charge >= 0.3 is 0 Å². The Labute approximate surface area is 176 Å². The van der Waals surface area contributed by atoms with Crippen molar-refractivity contribution in [3.8, 4) is 5.75 Å². The van der Waals surface area contributed by atoms with Crippen molar-refractivity contribution in [3.63, 3.8) is 0 Å². The van der Waals surface area contributed by atoms with Gasteiger partial charge in [-0.1, -0.05) is 6.42 Å². The topological polar surface area (TPSA) is 66.9 Å². The number of methoxy groups -OCH3 is 1. The number of ether oxygens (including phenoxy) is 1. The smallest absolute Gasteiger partial charge is 0.264 e. The fourth-order valence-electron chi connectivity index (χ4n) is 3.96. The molecule has 156 valence electrons. The van der Waals surface area contributed by atoms with Gasteiger partial charge in [-0.2, -0.15) is 4.31 Å². The quantitative estimate of drug-likeness (QED) is 0.694. The van der Waals surface area contributed by atoms with Gasteiger partial charge in [-0.3, -0.25) is 4.79 Å². The van der Waals surface area contributed by atoms with E-state index in [1.54, 1.807) is 47.6 Å². The Kier molecular flexibility index (Phi) is 5.94. The molecule has 2 heterocycles. The van der Waals surface area contributed by atoms with Gasteiger partial charge in [-0.15, -0.1) is 11.3 Å². The second-order valence-corrected chi connectivity index (χ2v) is 10.6. The molecule has 2 aliphatic rings. The molecule has 0 radical (unpaired) electrons. The Hall–Kier alpha value is -1.90. The molecular weight excluding hydrogens is 408 g/mol. The van der Waals surface area contributed by atoms with Crippen LogP contribution in [0.15, 0.2) is 35.2 Å². The maximum Gasteiger partial charge on any atom is 0.264 e. The number of rotatable bonds is 4. The number of benzene rings is 1. The van der Waals surface area contributed by atoms with E-state index in [0.717, 1.165) is 17.7 Å². The van der Waals surface area contributed by atoms with E-state index >= 15 is 0 Å². The molecule has 1 aliphatic carbocycles. The minimum Gasteiger partial charge on any atom is -0.497 e. The molecule has 29 heavy (non-hydrogen) atoms. The van der Waals surface area contributed by atoms with Gasteiger partial charge in [-0.25, -0.2) is 8.42 Å². The minimum absolute atomic E-state index is 0.0320. The summed E-state index contributed by atoms with van der Waals surface area (Å²) in [6, 6.07) is 8.48. The van der Waals surface area contributed by atoms with Crippen molar-refractivity contribution in [2.75, 3.05) is 33.3 Å². The third-order valence-electron chi connectivity index (χ3n) is 5.68. The molecule has 1 fully saturated rings. The molecule has 1 aromatic carbocycles. The standard InChI is InChI=1S/C21H26N2O4S2/c1-27-17-7-9-18(10-8-17)29(25,26)23-13-11-22(12-14-23)21(24)20-15-16-5-3-2-4-6-19(16)28-20/h7-10,15H,2-6,11-14H2,1H3. The molecule has 0 atom stereocenters. The molecule has 8 heteroatoms. The number of amides is 1. The second kappa shape index (κ2) is 8.45. The monoisotopic (exact) mass is 434 g/mol. The Balaban J connectivity index is 1.41. The van der Waals surface area contributed by atoms with Crippen LogP contribution in [0.3, 0.4) is 0 Å². The Morgan fingerprint density at radius 2 is 1.69 bits per heavy atom. The van der Waals surface area contributed by atoms with Crippen molar-refractivity contribution in [3.05, 3.63) is 45.6 Å². The summed E-state index contributed by atoms with van der Waals surface area (Å²) >= 11 is 1.62. The maximum atomic E-state index is 13.0. The van der Waals surface area contributed by atoms with E-state index < -0.39 is 10.0 Å². The number of fused-ring (bicyclic) bond motifs is 1. The summed E-state index contributed by atoms with van der Waals surface area (Å²) in [7, 11) is -2.02. The Bertz CT molecular complexity index is 951. The lowest BCUT2D eigenvalue weighted by Gasteiger charge is -2.33. The Morgan fingerprint density at radius 1 is 1.00 bits per heavy atom. The summed E-state index contributed by atoms with van der Waals surface area (Å²) in [5.41, 5.74) is 1.33. The summed E-state index contributed by atoms with van der Waals surface area (Å²) in [5, 5.41) is 0. The van der Waals surface area contributed by atoms with Gasteiger partial charge in [0.05, 0.1) is 16.9 Å². The molecule has 0 unspecified atom stereocenters. The van der Waals surface area contributed by atoms with Gasteiger partial charge in [-0.05, 0) is 61.6 Å². The highest BCUT2D eigenvalue weighted by Gasteiger charge is 2.31. The highest BCUT2D eigenvalue weighted by Crippen LogP contribution is 2.30. The highest BCUT2D eigenvalue weighted by molar-refractivity contribution is 7.89. The van der Waals surface area contributed by atoms with E-state index in [-0.39, 0.29) is 10.8 Å². The lowest BCUT2D eigenvalue weighted by molar-refractivity contribution is 0.0702. The average molecular weight is 435 g/mol. The molecule has 0 spiro atoms. The zero-order chi connectivity index (χ0) is 20.4. The van der Waals surface area contributed by atoms with Crippen LogP contribution in [0.25, 0.3) is 0 Å². The van der Waals surface area contributed by atoms with Crippen molar-refractivity contribution >= 4 is 27.3 Å². The highest BCUT2D eigenvalue weighted by atomic mass is 32.2. The van der Waals surface area contributed by atoms with Gasteiger partial charge in [0.15, 0.2) is 0 Å². The van der Waals surface area contributed by atoms with Crippen molar-refractivity contribution in [1.82, 2.24) is 9.21 Å². The van der Waals surface area contributed by atoms with Crippen LogP contribution in [-0.4, -0.2) is 56.8 Å². The van der Waals surface area contributed by atoms with Crippen LogP contribution in [0.1, 0.15) is 39.4 Å². The molecule has 6 nitrogen and oxygen atoms in total. The van der Waals surface area contributed by atoms with E-state index in [9.17, 15) is 13.2 Å². The number of hydrogen-bond donors (Lipinski definition) is 0. The third-order valence-corrected chi connectivity index (χ3v) is 8.82. The predicted molar refractivity (Wildman–Crippen MR) is 113 cm³/mol. The lowest BCUT2D eigenvalue weighted by Crippen LogP contribution is -2.50. The largest absolute Gasteiger partial charge is 0.497 e. The van der Waals surface area contributed by atoms with Gasteiger partial charge in [0.1, 0.15) is 5.75 Å². The first-order valence-electron chi connectivity index (χ1n) is 10.0. The number of aryl methyl sites for hydroxylation is 2. The molecule has 1 amide bonds. The molecule has 1 aliphatic heterocycles. The molecule has 0 bridgehead atoms. The first kappa shape index (κ1) is 20.4. The number of piperazine rings is 1. The van der Waals surface area contributed by atoms with Crippen LogP contribution in [0.2, 0.25) is 0 Å². The van der Waals surface area contributed by atoms with Crippen LogP contribution >= 0.6 is 11.3 Å². The first-order valence-corrected chi connectivity index (χ1v) is 12.3. The molecule has 0 N–H and O–H groups in total. The fourth-order valence-corrected chi connectivity index (χ4v) is 6.60. The van der Waals surface area contributed by atoms with E-state index in [1.165, 1.54) is 34.0 Å².